The molecule has 1 aliphatic carbocycles. The van der Waals surface area contributed by atoms with Gasteiger partial charge in [-0.3, -0.25) is 9.59 Å². The molecule has 432 valence electrons. The van der Waals surface area contributed by atoms with E-state index in [2.05, 4.69) is 40.9 Å². The van der Waals surface area contributed by atoms with E-state index >= 15 is 0 Å². The average molecular weight is 1090 g/mol. The van der Waals surface area contributed by atoms with Crippen LogP contribution in [0.4, 0.5) is 0 Å². The van der Waals surface area contributed by atoms with Gasteiger partial charge < -0.3 is 76.5 Å². The van der Waals surface area contributed by atoms with Crippen molar-refractivity contribution in [3.8, 4) is 0 Å². The lowest BCUT2D eigenvalue weighted by Crippen LogP contribution is -2.62. The fourth-order valence-electron chi connectivity index (χ4n) is 18.6. The molecular formula is C60H84O18. The van der Waals surface area contributed by atoms with Crippen molar-refractivity contribution in [1.29, 1.82) is 0 Å². The Bertz CT molecular complexity index is 2370. The third-order valence-electron chi connectivity index (χ3n) is 22.3. The average Bonchev–Trinajstić information content (AvgIpc) is 4.10. The number of hydrogen-bond acceptors (Lipinski definition) is 17. The molecule has 15 saturated heterocycles. The van der Waals surface area contributed by atoms with Crippen LogP contribution in [-0.4, -0.2) is 174 Å². The Kier molecular flexibility index (Phi) is 13.1. The predicted octanol–water partition coefficient (Wildman–Crippen LogP) is 6.53. The molecule has 16 aliphatic rings. The molecule has 0 aromatic rings. The maximum absolute atomic E-state index is 14.6. The molecule has 31 unspecified atom stereocenters. The number of aliphatic hydroxyl groups excluding tert-OH is 1. The van der Waals surface area contributed by atoms with Gasteiger partial charge in [0.25, 0.3) is 0 Å². The molecule has 1 saturated carbocycles. The predicted molar refractivity (Wildman–Crippen MR) is 271 cm³/mol. The van der Waals surface area contributed by atoms with Crippen LogP contribution in [0.3, 0.4) is 0 Å². The van der Waals surface area contributed by atoms with E-state index in [4.69, 9.17) is 66.3 Å². The van der Waals surface area contributed by atoms with Gasteiger partial charge >= 0.3 is 11.9 Å². The number of esters is 1. The summed E-state index contributed by atoms with van der Waals surface area (Å²) in [6.07, 6.45) is 4.80. The van der Waals surface area contributed by atoms with Gasteiger partial charge in [-0.05, 0) is 92.1 Å². The quantitative estimate of drug-likeness (QED) is 0.223. The van der Waals surface area contributed by atoms with Crippen molar-refractivity contribution in [3.63, 3.8) is 0 Å². The summed E-state index contributed by atoms with van der Waals surface area (Å²) >= 11 is 0. The molecule has 3 spiro atoms. The summed E-state index contributed by atoms with van der Waals surface area (Å²) in [5, 5.41) is 20.6. The molecule has 2 N–H and O–H groups in total. The standard InChI is InChI=1S/C60H84O18/c1-26-13-33-7-9-38-27(2)14-35(65-38)11-12-58-24-46-54(77-58)55-56(71-46)57(78-58)53-39(69-55)10-8-34(67-53)17-49(64)72-52-31(6)51-44(68-43(52)19-40(66-33)30(26)5)20-42-45(70-51)23-60(74-42)25-47-50(76-60)29(4)22-59(75-47)21-28(3)36-15-32(16-48(62)63)37(61)18-41(36)73-59/h26,28-29,31-47,50-57,61H,2,5,7-25H2,1,3-4,6H3,(H,62,63). The van der Waals surface area contributed by atoms with E-state index < -0.39 is 60.0 Å². The maximum atomic E-state index is 14.6. The number of fused-ring (bicyclic) bond motifs is 10. The van der Waals surface area contributed by atoms with Crippen LogP contribution in [0.5, 0.6) is 0 Å². The fraction of sp³-hybridized carbons (Fsp3) is 0.900. The number of rotatable bonds is 2. The molecule has 15 heterocycles. The van der Waals surface area contributed by atoms with Crippen LogP contribution >= 0.6 is 0 Å². The van der Waals surface area contributed by atoms with Crippen molar-refractivity contribution in [2.45, 2.75) is 301 Å². The highest BCUT2D eigenvalue weighted by Crippen LogP contribution is 2.58. The number of carbonyl (C=O) groups excluding carboxylic acids is 1. The first kappa shape index (κ1) is 52.6. The number of ether oxygens (including phenoxy) is 14. The Morgan fingerprint density at radius 2 is 1.21 bits per heavy atom. The monoisotopic (exact) mass is 1090 g/mol. The Labute approximate surface area is 457 Å². The second-order valence-electron chi connectivity index (χ2n) is 27.6. The summed E-state index contributed by atoms with van der Waals surface area (Å²) in [6.45, 7) is 17.9. The Morgan fingerprint density at radius 3 is 2.06 bits per heavy atom. The summed E-state index contributed by atoms with van der Waals surface area (Å²) in [4.78, 5) is 26.2. The Morgan fingerprint density at radius 1 is 0.526 bits per heavy atom. The molecule has 18 nitrogen and oxygen atoms in total. The van der Waals surface area contributed by atoms with Crippen molar-refractivity contribution in [3.05, 3.63) is 24.3 Å². The summed E-state index contributed by atoms with van der Waals surface area (Å²) in [7, 11) is 0. The van der Waals surface area contributed by atoms with Gasteiger partial charge in [-0.15, -0.1) is 0 Å². The highest BCUT2D eigenvalue weighted by atomic mass is 16.8. The van der Waals surface area contributed by atoms with E-state index in [0.717, 1.165) is 49.7 Å². The first-order valence-electron chi connectivity index (χ1n) is 30.6. The van der Waals surface area contributed by atoms with E-state index in [1.807, 2.05) is 0 Å². The number of carboxylic acid groups (broad SMARTS) is 1. The van der Waals surface area contributed by atoms with Crippen LogP contribution in [0.25, 0.3) is 0 Å². The second kappa shape index (κ2) is 19.5. The van der Waals surface area contributed by atoms with Crippen LogP contribution in [0, 0.1) is 35.5 Å². The zero-order valence-corrected chi connectivity index (χ0v) is 45.9. The molecule has 0 aromatic heterocycles. The third-order valence-corrected chi connectivity index (χ3v) is 22.3. The second-order valence-corrected chi connectivity index (χ2v) is 27.6. The highest BCUT2D eigenvalue weighted by molar-refractivity contribution is 5.70. The first-order valence-corrected chi connectivity index (χ1v) is 30.6. The van der Waals surface area contributed by atoms with Gasteiger partial charge in [0.15, 0.2) is 17.4 Å². The minimum Gasteiger partial charge on any atom is -0.481 e. The highest BCUT2D eigenvalue weighted by Gasteiger charge is 2.70. The molecule has 16 fully saturated rings. The summed E-state index contributed by atoms with van der Waals surface area (Å²) in [5.41, 5.74) is 2.15. The van der Waals surface area contributed by atoms with E-state index in [9.17, 15) is 19.8 Å². The van der Waals surface area contributed by atoms with Gasteiger partial charge in [-0.2, -0.15) is 0 Å². The summed E-state index contributed by atoms with van der Waals surface area (Å²) in [6, 6.07) is 0. The molecule has 31 atom stereocenters. The Balaban J connectivity index is 0.661. The van der Waals surface area contributed by atoms with Crippen molar-refractivity contribution in [2.24, 2.45) is 35.5 Å². The van der Waals surface area contributed by atoms with Gasteiger partial charge in [-0.25, -0.2) is 0 Å². The van der Waals surface area contributed by atoms with Gasteiger partial charge in [0.05, 0.1) is 111 Å². The van der Waals surface area contributed by atoms with Crippen LogP contribution in [0.1, 0.15) is 150 Å². The van der Waals surface area contributed by atoms with Crippen LogP contribution < -0.4 is 0 Å². The largest absolute Gasteiger partial charge is 0.481 e. The normalized spacial score (nSPS) is 58.0. The first-order chi connectivity index (χ1) is 37.4. The molecule has 12 bridgehead atoms. The lowest BCUT2D eigenvalue weighted by Gasteiger charge is -2.55. The number of aliphatic carboxylic acids is 1. The van der Waals surface area contributed by atoms with Crippen molar-refractivity contribution in [1.82, 2.24) is 0 Å². The minimum absolute atomic E-state index is 0.0153. The van der Waals surface area contributed by atoms with Crippen LogP contribution in [-0.2, 0) is 75.9 Å². The van der Waals surface area contributed by atoms with Gasteiger partial charge in [0.2, 0.25) is 0 Å². The molecule has 0 aromatic carbocycles. The van der Waals surface area contributed by atoms with Gasteiger partial charge in [0.1, 0.15) is 36.6 Å². The zero-order valence-electron chi connectivity index (χ0n) is 45.9. The smallest absolute Gasteiger partial charge is 0.308 e. The molecule has 15 aliphatic heterocycles. The third kappa shape index (κ3) is 8.99. The van der Waals surface area contributed by atoms with Crippen molar-refractivity contribution in [2.75, 3.05) is 0 Å². The topological polar surface area (TPSA) is 204 Å². The molecule has 18 heteroatoms. The van der Waals surface area contributed by atoms with Crippen LogP contribution in [0.2, 0.25) is 0 Å². The van der Waals surface area contributed by atoms with Crippen molar-refractivity contribution < 1.29 is 86.1 Å². The number of hydrogen-bond donors (Lipinski definition) is 2. The lowest BCUT2D eigenvalue weighted by atomic mass is 9.67. The van der Waals surface area contributed by atoms with E-state index in [1.54, 1.807) is 0 Å². The van der Waals surface area contributed by atoms with Gasteiger partial charge in [0, 0.05) is 63.7 Å². The molecule has 0 amide bonds. The SMILES string of the molecule is C=C1CC2CCC34CC5OC6C(OC7CCC(CC(=O)OC8C(CC9OC(CCC1O2)CC(C)C9=C)OC1CC2OC9(CC2OC1C8C)CC1OC2(CC(C)C8CC(CC(=O)O)C(O)CC8O2)CC(C)C1O9)OC7C6O3)C5O4. The fourth-order valence-corrected chi connectivity index (χ4v) is 18.6. The maximum Gasteiger partial charge on any atom is 0.308 e. The molecular weight excluding hydrogens is 1010 g/mol. The number of carboxylic acids is 1. The molecule has 78 heavy (non-hydrogen) atoms. The minimum atomic E-state index is -0.918. The number of aliphatic hydroxyl groups is 1. The summed E-state index contributed by atoms with van der Waals surface area (Å²) in [5.74, 6) is -3.59. The van der Waals surface area contributed by atoms with E-state index in [-0.39, 0.29) is 152 Å². The number of carbonyl (C=O) groups is 2. The molecule has 16 rings (SSSR count). The molecule has 0 radical (unpaired) electrons. The zero-order chi connectivity index (χ0) is 53.3. The van der Waals surface area contributed by atoms with E-state index in [1.165, 1.54) is 0 Å². The van der Waals surface area contributed by atoms with Gasteiger partial charge in [-0.1, -0.05) is 40.9 Å². The van der Waals surface area contributed by atoms with Crippen LogP contribution in [0.15, 0.2) is 24.3 Å². The van der Waals surface area contributed by atoms with Crippen molar-refractivity contribution >= 4 is 11.9 Å². The lowest BCUT2D eigenvalue weighted by molar-refractivity contribution is -0.356. The Hall–Kier alpha value is -2.14. The van der Waals surface area contributed by atoms with E-state index in [0.29, 0.717) is 70.6 Å². The summed E-state index contributed by atoms with van der Waals surface area (Å²) < 4.78 is 97.2.